The minimum absolute atomic E-state index is 0.0744. The molecule has 38 heavy (non-hydrogen) atoms. The van der Waals surface area contributed by atoms with Crippen LogP contribution in [0.2, 0.25) is 0 Å². The Morgan fingerprint density at radius 1 is 1.13 bits per heavy atom. The number of Topliss-reactive ketones (excluding diaryl/α,β-unsaturated/α-hetero) is 2. The van der Waals surface area contributed by atoms with E-state index in [1.165, 1.54) is 6.92 Å². The number of halogens is 1. The highest BCUT2D eigenvalue weighted by Crippen LogP contribution is 2.52. The van der Waals surface area contributed by atoms with E-state index in [1.807, 2.05) is 25.2 Å². The van der Waals surface area contributed by atoms with Crippen LogP contribution in [0.4, 0.5) is 0 Å². The molecule has 7 heteroatoms. The summed E-state index contributed by atoms with van der Waals surface area (Å²) in [5.41, 5.74) is -1.06. The zero-order valence-electron chi connectivity index (χ0n) is 23.7. The van der Waals surface area contributed by atoms with E-state index in [0.29, 0.717) is 25.4 Å². The van der Waals surface area contributed by atoms with Crippen molar-refractivity contribution >= 4 is 29.1 Å². The van der Waals surface area contributed by atoms with Crippen LogP contribution < -0.4 is 0 Å². The zero-order chi connectivity index (χ0) is 28.3. The van der Waals surface area contributed by atoms with E-state index in [9.17, 15) is 19.5 Å². The van der Waals surface area contributed by atoms with Gasteiger partial charge in [-0.25, -0.2) is 0 Å². The summed E-state index contributed by atoms with van der Waals surface area (Å²) in [5.74, 6) is -3.12. The number of fused-ring (bicyclic) bond motifs is 4. The number of ether oxygens (including phenoxy) is 2. The number of carbonyl (C=O) groups is 3. The van der Waals surface area contributed by atoms with Crippen LogP contribution in [0.5, 0.6) is 0 Å². The first-order chi connectivity index (χ1) is 17.8. The Morgan fingerprint density at radius 2 is 1.82 bits per heavy atom. The van der Waals surface area contributed by atoms with Crippen molar-refractivity contribution in [2.75, 3.05) is 13.2 Å². The van der Waals surface area contributed by atoms with Crippen molar-refractivity contribution in [3.63, 3.8) is 0 Å². The fourth-order valence-corrected chi connectivity index (χ4v) is 6.73. The van der Waals surface area contributed by atoms with Crippen LogP contribution >= 0.6 is 11.6 Å². The van der Waals surface area contributed by atoms with Crippen LogP contribution in [-0.4, -0.2) is 52.4 Å². The number of hydrogen-bond donors (Lipinski definition) is 1. The fourth-order valence-electron chi connectivity index (χ4n) is 6.26. The Kier molecular flexibility index (Phi) is 10.2. The van der Waals surface area contributed by atoms with Gasteiger partial charge in [-0.05, 0) is 75.7 Å². The third-order valence-corrected chi connectivity index (χ3v) is 8.93. The van der Waals surface area contributed by atoms with E-state index in [1.54, 1.807) is 19.9 Å². The predicted molar refractivity (Wildman–Crippen MR) is 149 cm³/mol. The van der Waals surface area contributed by atoms with E-state index in [4.69, 9.17) is 21.1 Å². The monoisotopic (exact) mass is 548 g/mol. The Hall–Kier alpha value is -1.76. The molecule has 6 nitrogen and oxygen atoms in total. The van der Waals surface area contributed by atoms with Crippen LogP contribution in [0.15, 0.2) is 36.5 Å². The summed E-state index contributed by atoms with van der Waals surface area (Å²) in [6.45, 7) is 12.1. The van der Waals surface area contributed by atoms with Gasteiger partial charge in [0.05, 0.1) is 12.2 Å². The Balaban J connectivity index is 1.93. The zero-order valence-corrected chi connectivity index (χ0v) is 24.4. The quantitative estimate of drug-likeness (QED) is 0.142. The summed E-state index contributed by atoms with van der Waals surface area (Å²) in [6, 6.07) is 0. The van der Waals surface area contributed by atoms with Gasteiger partial charge in [-0.1, -0.05) is 57.6 Å². The van der Waals surface area contributed by atoms with Gasteiger partial charge >= 0.3 is 5.97 Å². The maximum absolute atomic E-state index is 14.1. The average molecular weight is 549 g/mol. The highest BCUT2D eigenvalue weighted by Gasteiger charge is 2.59. The molecule has 0 saturated heterocycles. The normalized spacial score (nSPS) is 39.0. The number of allylic oxidation sites excluding steroid dienone is 5. The van der Waals surface area contributed by atoms with E-state index in [2.05, 4.69) is 26.0 Å². The molecule has 0 aromatic rings. The smallest absolute Gasteiger partial charge is 0.316 e. The van der Waals surface area contributed by atoms with E-state index in [0.717, 1.165) is 6.42 Å². The van der Waals surface area contributed by atoms with E-state index in [-0.39, 0.29) is 42.5 Å². The van der Waals surface area contributed by atoms with Crippen molar-refractivity contribution < 1.29 is 29.0 Å². The minimum Gasteiger partial charge on any atom is -0.458 e. The van der Waals surface area contributed by atoms with Crippen molar-refractivity contribution in [3.05, 3.63) is 36.5 Å². The first-order valence-corrected chi connectivity index (χ1v) is 14.5. The molecule has 2 bridgehead atoms. The number of carbonyl (C=O) groups excluding carboxylic acids is 3. The molecule has 1 N–H and O–H groups in total. The van der Waals surface area contributed by atoms with Gasteiger partial charge in [0.2, 0.25) is 0 Å². The summed E-state index contributed by atoms with van der Waals surface area (Å²) in [4.78, 5) is 38.7. The molecule has 0 aromatic carbocycles. The standard InChI is InChI=1S/C31H45ClO6/c1-7-24-23(16-30(6,36)18-37-15-14-19(2)3)12-13-25-22-11-9-8-10-20(4)38-29(35)21(5)27(33)31(32,17-22)28(34)26(24)25/h8-13,19-26,36H,7,14-18H2,1-6H3/b10-8+,11-9-/t20-,21-,22-,23+,24+,25-,26-,30+,31?/m0/s1. The van der Waals surface area contributed by atoms with Crippen molar-refractivity contribution in [2.24, 2.45) is 41.4 Å². The first kappa shape index (κ1) is 30.8. The molecule has 9 atom stereocenters. The van der Waals surface area contributed by atoms with Gasteiger partial charge in [0.25, 0.3) is 0 Å². The molecular weight excluding hydrogens is 504 g/mol. The van der Waals surface area contributed by atoms with Crippen LogP contribution in [0.1, 0.15) is 67.2 Å². The SMILES string of the molecule is CC[C@H]1[C@@H]2C(=O)C3(Cl)C[C@H](/C=C\C=C\[C@H](C)OC(=O)[C@@H](C)C3=O)[C@@H]2C=C[C@@H]1C[C@@](C)(O)COCCC(C)C. The lowest BCUT2D eigenvalue weighted by Crippen LogP contribution is -2.58. The topological polar surface area (TPSA) is 89.9 Å². The van der Waals surface area contributed by atoms with Gasteiger partial charge in [-0.2, -0.15) is 0 Å². The van der Waals surface area contributed by atoms with Gasteiger partial charge in [0, 0.05) is 12.5 Å². The number of hydrogen-bond acceptors (Lipinski definition) is 6. The number of alkyl halides is 1. The average Bonchev–Trinajstić information content (AvgIpc) is 2.85. The summed E-state index contributed by atoms with van der Waals surface area (Å²) < 4.78 is 11.2. The molecule has 1 heterocycles. The molecule has 1 saturated carbocycles. The molecule has 1 fully saturated rings. The van der Waals surface area contributed by atoms with Crippen LogP contribution in [0, 0.1) is 41.4 Å². The molecule has 2 aliphatic carbocycles. The Labute approximate surface area is 232 Å². The fraction of sp³-hybridized carbons (Fsp3) is 0.710. The molecule has 1 unspecified atom stereocenters. The molecule has 3 aliphatic rings. The summed E-state index contributed by atoms with van der Waals surface area (Å²) >= 11 is 6.98. The van der Waals surface area contributed by atoms with Crippen molar-refractivity contribution in [1.29, 1.82) is 0 Å². The third-order valence-electron chi connectivity index (χ3n) is 8.40. The van der Waals surface area contributed by atoms with Gasteiger partial charge in [-0.3, -0.25) is 14.4 Å². The first-order valence-electron chi connectivity index (χ1n) is 14.1. The van der Waals surface area contributed by atoms with Crippen LogP contribution in [0.25, 0.3) is 0 Å². The Bertz CT molecular complexity index is 965. The summed E-state index contributed by atoms with van der Waals surface area (Å²) in [7, 11) is 0. The molecule has 0 spiro atoms. The van der Waals surface area contributed by atoms with Crippen LogP contribution in [-0.2, 0) is 23.9 Å². The molecule has 1 aliphatic heterocycles. The van der Waals surface area contributed by atoms with E-state index >= 15 is 0 Å². The highest BCUT2D eigenvalue weighted by molar-refractivity contribution is 6.48. The maximum atomic E-state index is 14.1. The molecule has 3 rings (SSSR count). The predicted octanol–water partition coefficient (Wildman–Crippen LogP) is 5.46. The largest absolute Gasteiger partial charge is 0.458 e. The number of ketones is 2. The van der Waals surface area contributed by atoms with Gasteiger partial charge < -0.3 is 14.6 Å². The minimum atomic E-state index is -1.80. The highest BCUT2D eigenvalue weighted by atomic mass is 35.5. The van der Waals surface area contributed by atoms with Crippen molar-refractivity contribution in [3.8, 4) is 0 Å². The second kappa shape index (κ2) is 12.6. The number of cyclic esters (lactones) is 1. The summed E-state index contributed by atoms with van der Waals surface area (Å²) in [6.07, 6.45) is 13.4. The van der Waals surface area contributed by atoms with Gasteiger partial charge in [0.15, 0.2) is 16.4 Å². The number of aliphatic hydroxyl groups is 1. The maximum Gasteiger partial charge on any atom is 0.316 e. The molecular formula is C31H45ClO6. The second-order valence-electron chi connectivity index (χ2n) is 12.2. The second-order valence-corrected chi connectivity index (χ2v) is 12.8. The third kappa shape index (κ3) is 6.86. The van der Waals surface area contributed by atoms with E-state index < -0.39 is 40.2 Å². The lowest BCUT2D eigenvalue weighted by Gasteiger charge is -2.49. The molecule has 212 valence electrons. The van der Waals surface area contributed by atoms with Crippen LogP contribution in [0.3, 0.4) is 0 Å². The Morgan fingerprint density at radius 3 is 2.47 bits per heavy atom. The molecule has 0 amide bonds. The number of esters is 1. The number of rotatable bonds is 8. The molecule has 0 radical (unpaired) electrons. The summed E-state index contributed by atoms with van der Waals surface area (Å²) in [5, 5.41) is 11.2. The lowest BCUT2D eigenvalue weighted by atomic mass is 9.55. The van der Waals surface area contributed by atoms with Gasteiger partial charge in [-0.15, -0.1) is 11.6 Å². The lowest BCUT2D eigenvalue weighted by molar-refractivity contribution is -0.155. The van der Waals surface area contributed by atoms with Crippen molar-refractivity contribution in [1.82, 2.24) is 0 Å². The molecule has 0 aromatic heterocycles. The van der Waals surface area contributed by atoms with Gasteiger partial charge in [0.1, 0.15) is 12.0 Å². The van der Waals surface area contributed by atoms with Crippen molar-refractivity contribution in [2.45, 2.75) is 83.8 Å².